The third kappa shape index (κ3) is 4.26. The van der Waals surface area contributed by atoms with E-state index in [-0.39, 0.29) is 24.4 Å². The van der Waals surface area contributed by atoms with Gasteiger partial charge >= 0.3 is 6.09 Å². The van der Waals surface area contributed by atoms with Crippen LogP contribution in [0.4, 0.5) is 4.79 Å². The molecule has 1 atom stereocenters. The quantitative estimate of drug-likeness (QED) is 0.704. The normalized spacial score (nSPS) is 21.9. The Bertz CT molecular complexity index is 211. The molecule has 88 valence electrons. The Labute approximate surface area is 95.5 Å². The molecule has 0 aromatic heterocycles. The minimum absolute atomic E-state index is 0.0922. The fourth-order valence-corrected chi connectivity index (χ4v) is 1.83. The van der Waals surface area contributed by atoms with Gasteiger partial charge < -0.3 is 14.4 Å². The fourth-order valence-electron chi connectivity index (χ4n) is 1.74. The topological polar surface area (TPSA) is 38.8 Å². The highest BCUT2D eigenvalue weighted by Gasteiger charge is 2.25. The van der Waals surface area contributed by atoms with Crippen molar-refractivity contribution in [1.29, 1.82) is 0 Å². The summed E-state index contributed by atoms with van der Waals surface area (Å²) in [5, 5.41) is 0. The molecule has 1 aliphatic heterocycles. The van der Waals surface area contributed by atoms with Crippen LogP contribution in [-0.4, -0.2) is 42.4 Å². The lowest BCUT2D eigenvalue weighted by atomic mass is 10.1. The molecule has 1 saturated heterocycles. The maximum Gasteiger partial charge on any atom is 0.411 e. The number of carbonyl (C=O) groups excluding carboxylic acids is 1. The van der Waals surface area contributed by atoms with Gasteiger partial charge in [0, 0.05) is 6.54 Å². The number of carbonyl (C=O) groups is 1. The second-order valence-corrected chi connectivity index (χ2v) is 4.13. The van der Waals surface area contributed by atoms with E-state index in [1.807, 2.05) is 13.8 Å². The molecule has 5 heteroatoms. The third-order valence-corrected chi connectivity index (χ3v) is 2.39. The van der Waals surface area contributed by atoms with Crippen LogP contribution in [0.2, 0.25) is 0 Å². The van der Waals surface area contributed by atoms with Crippen molar-refractivity contribution in [1.82, 2.24) is 4.90 Å². The van der Waals surface area contributed by atoms with Crippen LogP contribution in [0.25, 0.3) is 0 Å². The predicted molar refractivity (Wildman–Crippen MR) is 58.0 cm³/mol. The number of likely N-dealkylation sites (tertiary alicyclic amines) is 1. The smallest absolute Gasteiger partial charge is 0.411 e. The van der Waals surface area contributed by atoms with Gasteiger partial charge in [-0.2, -0.15) is 0 Å². The molecule has 0 bridgehead atoms. The molecule has 1 aliphatic rings. The summed E-state index contributed by atoms with van der Waals surface area (Å²) in [6, 6.07) is -0.0922. The van der Waals surface area contributed by atoms with Crippen LogP contribution in [0.3, 0.4) is 0 Å². The Kier molecular flexibility index (Phi) is 5.19. The van der Waals surface area contributed by atoms with Crippen LogP contribution >= 0.6 is 11.6 Å². The van der Waals surface area contributed by atoms with Crippen LogP contribution in [0, 0.1) is 0 Å². The van der Waals surface area contributed by atoms with Gasteiger partial charge in [0.2, 0.25) is 0 Å². The number of rotatable bonds is 3. The summed E-state index contributed by atoms with van der Waals surface area (Å²) in [5.41, 5.74) is 0. The van der Waals surface area contributed by atoms with Gasteiger partial charge in [-0.15, -0.1) is 0 Å². The summed E-state index contributed by atoms with van der Waals surface area (Å²) >= 11 is 5.34. The summed E-state index contributed by atoms with van der Waals surface area (Å²) in [7, 11) is 0. The first kappa shape index (κ1) is 12.6. The first-order valence-electron chi connectivity index (χ1n) is 5.26. The van der Waals surface area contributed by atoms with E-state index in [4.69, 9.17) is 21.1 Å². The van der Waals surface area contributed by atoms with Crippen LogP contribution in [0.1, 0.15) is 26.7 Å². The van der Waals surface area contributed by atoms with Crippen molar-refractivity contribution in [3.63, 3.8) is 0 Å². The molecular formula is C10H18ClNO3. The highest BCUT2D eigenvalue weighted by atomic mass is 35.5. The van der Waals surface area contributed by atoms with Crippen LogP contribution < -0.4 is 0 Å². The Morgan fingerprint density at radius 3 is 2.93 bits per heavy atom. The van der Waals surface area contributed by atoms with Gasteiger partial charge in [0.15, 0.2) is 6.07 Å². The molecule has 1 rings (SSSR count). The number of hydrogen-bond donors (Lipinski definition) is 0. The minimum Gasteiger partial charge on any atom is -0.433 e. The molecule has 0 spiro atoms. The van der Waals surface area contributed by atoms with E-state index in [2.05, 4.69) is 0 Å². The number of alkyl halides is 1. The molecule has 1 heterocycles. The monoisotopic (exact) mass is 235 g/mol. The van der Waals surface area contributed by atoms with Crippen LogP contribution in [-0.2, 0) is 9.47 Å². The number of nitrogens with zero attached hydrogens (tertiary/aromatic N) is 1. The average Bonchev–Trinajstić information content (AvgIpc) is 2.17. The lowest BCUT2D eigenvalue weighted by Gasteiger charge is -2.32. The standard InChI is InChI=1S/C10H18ClNO3/c1-8(2)15-9-4-3-5-12(6-9)10(13)14-7-11/h8-9H,3-7H2,1-2H3. The first-order chi connectivity index (χ1) is 7.13. The number of hydrogen-bond acceptors (Lipinski definition) is 3. The van der Waals surface area contributed by atoms with Crippen molar-refractivity contribution in [3.8, 4) is 0 Å². The molecule has 0 radical (unpaired) electrons. The molecule has 0 aromatic rings. The largest absolute Gasteiger partial charge is 0.433 e. The van der Waals surface area contributed by atoms with Gasteiger partial charge in [-0.1, -0.05) is 11.6 Å². The number of ether oxygens (including phenoxy) is 2. The van der Waals surface area contributed by atoms with E-state index in [0.29, 0.717) is 6.54 Å². The Hall–Kier alpha value is -0.480. The molecule has 0 aromatic carbocycles. The van der Waals surface area contributed by atoms with Crippen LogP contribution in [0.5, 0.6) is 0 Å². The van der Waals surface area contributed by atoms with Gasteiger partial charge in [0.25, 0.3) is 0 Å². The Balaban J connectivity index is 2.38. The van der Waals surface area contributed by atoms with Crippen molar-refractivity contribution in [2.75, 3.05) is 19.2 Å². The zero-order valence-corrected chi connectivity index (χ0v) is 10.00. The zero-order valence-electron chi connectivity index (χ0n) is 9.24. The van der Waals surface area contributed by atoms with Crippen molar-refractivity contribution in [3.05, 3.63) is 0 Å². The van der Waals surface area contributed by atoms with Crippen molar-refractivity contribution < 1.29 is 14.3 Å². The molecule has 0 aliphatic carbocycles. The molecule has 1 fully saturated rings. The van der Waals surface area contributed by atoms with E-state index < -0.39 is 0 Å². The van der Waals surface area contributed by atoms with E-state index in [9.17, 15) is 4.79 Å². The zero-order chi connectivity index (χ0) is 11.3. The maximum absolute atomic E-state index is 11.4. The van der Waals surface area contributed by atoms with Gasteiger partial charge in [-0.25, -0.2) is 4.79 Å². The second kappa shape index (κ2) is 6.18. The van der Waals surface area contributed by atoms with Crippen molar-refractivity contribution in [2.24, 2.45) is 0 Å². The van der Waals surface area contributed by atoms with E-state index in [0.717, 1.165) is 19.4 Å². The molecule has 1 amide bonds. The van der Waals surface area contributed by atoms with E-state index in [1.54, 1.807) is 4.90 Å². The molecule has 0 N–H and O–H groups in total. The van der Waals surface area contributed by atoms with Crippen molar-refractivity contribution >= 4 is 17.7 Å². The summed E-state index contributed by atoms with van der Waals surface area (Å²) in [6.45, 7) is 5.33. The summed E-state index contributed by atoms with van der Waals surface area (Å²) in [6.07, 6.45) is 1.93. The van der Waals surface area contributed by atoms with Gasteiger partial charge in [-0.3, -0.25) is 0 Å². The second-order valence-electron chi connectivity index (χ2n) is 3.91. The lowest BCUT2D eigenvalue weighted by molar-refractivity contribution is -0.0310. The van der Waals surface area contributed by atoms with Crippen LogP contribution in [0.15, 0.2) is 0 Å². The Morgan fingerprint density at radius 1 is 1.60 bits per heavy atom. The van der Waals surface area contributed by atoms with E-state index >= 15 is 0 Å². The van der Waals surface area contributed by atoms with E-state index in [1.165, 1.54) is 0 Å². The molecule has 0 saturated carbocycles. The average molecular weight is 236 g/mol. The van der Waals surface area contributed by atoms with Gasteiger partial charge in [0.05, 0.1) is 18.8 Å². The first-order valence-corrected chi connectivity index (χ1v) is 5.80. The molecule has 4 nitrogen and oxygen atoms in total. The van der Waals surface area contributed by atoms with Gasteiger partial charge in [-0.05, 0) is 26.7 Å². The molecule has 1 unspecified atom stereocenters. The Morgan fingerprint density at radius 2 is 2.33 bits per heavy atom. The minimum atomic E-state index is -0.345. The van der Waals surface area contributed by atoms with Gasteiger partial charge in [0.1, 0.15) is 0 Å². The van der Waals surface area contributed by atoms with Crippen molar-refractivity contribution in [2.45, 2.75) is 38.9 Å². The lowest BCUT2D eigenvalue weighted by Crippen LogP contribution is -2.44. The SMILES string of the molecule is CC(C)OC1CCCN(C(=O)OCCl)C1. The highest BCUT2D eigenvalue weighted by molar-refractivity contribution is 6.17. The molecule has 15 heavy (non-hydrogen) atoms. The number of piperidine rings is 1. The highest BCUT2D eigenvalue weighted by Crippen LogP contribution is 2.15. The summed E-state index contributed by atoms with van der Waals surface area (Å²) < 4.78 is 10.4. The predicted octanol–water partition coefficient (Wildman–Crippen LogP) is 2.21. The fraction of sp³-hybridized carbons (Fsp3) is 0.900. The summed E-state index contributed by atoms with van der Waals surface area (Å²) in [4.78, 5) is 13.0. The maximum atomic E-state index is 11.4. The number of amides is 1. The third-order valence-electron chi connectivity index (χ3n) is 2.28. The molecular weight excluding hydrogens is 218 g/mol. The summed E-state index contributed by atoms with van der Waals surface area (Å²) in [5.74, 6) is 0. The number of halogens is 1.